The fraction of sp³-hybridized carbons (Fsp3) is 0.133. The van der Waals surface area contributed by atoms with E-state index in [1.165, 1.54) is 0 Å². The number of hydrazine groups is 1. The van der Waals surface area contributed by atoms with Gasteiger partial charge in [-0.05, 0) is 17.7 Å². The Morgan fingerprint density at radius 1 is 1.05 bits per heavy atom. The molecule has 4 nitrogen and oxygen atoms in total. The molecule has 21 heavy (non-hydrogen) atoms. The Morgan fingerprint density at radius 3 is 2.29 bits per heavy atom. The lowest BCUT2D eigenvalue weighted by molar-refractivity contribution is -0.122. The Kier molecular flexibility index (Phi) is 5.44. The number of rotatable bonds is 5. The number of hydrogen-bond acceptors (Lipinski definition) is 3. The number of anilines is 1. The molecule has 6 heteroatoms. The molecule has 0 aliphatic heterocycles. The molecule has 1 unspecified atom stereocenters. The average molecular weight is 325 g/mol. The molecule has 0 spiro atoms. The Balaban J connectivity index is 1.91. The van der Waals surface area contributed by atoms with E-state index in [0.29, 0.717) is 21.3 Å². The van der Waals surface area contributed by atoms with E-state index in [1.54, 1.807) is 42.5 Å². The van der Waals surface area contributed by atoms with Gasteiger partial charge in [-0.2, -0.15) is 0 Å². The van der Waals surface area contributed by atoms with Crippen molar-refractivity contribution in [2.45, 2.75) is 12.5 Å². The van der Waals surface area contributed by atoms with Crippen LogP contribution in [-0.4, -0.2) is 11.0 Å². The minimum absolute atomic E-state index is 0.0704. The third-order valence-electron chi connectivity index (χ3n) is 2.85. The Morgan fingerprint density at radius 2 is 1.67 bits per heavy atom. The van der Waals surface area contributed by atoms with Crippen LogP contribution in [0.4, 0.5) is 5.69 Å². The summed E-state index contributed by atoms with van der Waals surface area (Å²) in [5, 5.41) is 10.7. The smallest absolute Gasteiger partial charge is 0.241 e. The summed E-state index contributed by atoms with van der Waals surface area (Å²) in [4.78, 5) is 11.8. The molecule has 0 aliphatic rings. The highest BCUT2D eigenvalue weighted by Gasteiger charge is 2.13. The number of carbonyl (C=O) groups excluding carboxylic acids is 1. The predicted octanol–water partition coefficient (Wildman–Crippen LogP) is 3.56. The van der Waals surface area contributed by atoms with Crippen molar-refractivity contribution in [3.05, 3.63) is 64.1 Å². The molecular weight excluding hydrogens is 311 g/mol. The second-order valence-corrected chi connectivity index (χ2v) is 5.21. The molecule has 2 aromatic rings. The maximum atomic E-state index is 11.8. The Labute approximate surface area is 132 Å². The van der Waals surface area contributed by atoms with E-state index < -0.39 is 6.10 Å². The first kappa shape index (κ1) is 15.6. The topological polar surface area (TPSA) is 61.4 Å². The summed E-state index contributed by atoms with van der Waals surface area (Å²) < 4.78 is 0. The molecule has 0 fully saturated rings. The molecule has 0 bridgehead atoms. The van der Waals surface area contributed by atoms with Crippen molar-refractivity contribution < 1.29 is 9.90 Å². The van der Waals surface area contributed by atoms with Crippen molar-refractivity contribution in [1.29, 1.82) is 0 Å². The van der Waals surface area contributed by atoms with E-state index in [2.05, 4.69) is 10.9 Å². The van der Waals surface area contributed by atoms with Crippen molar-refractivity contribution in [1.82, 2.24) is 5.43 Å². The van der Waals surface area contributed by atoms with Crippen molar-refractivity contribution in [3.8, 4) is 0 Å². The summed E-state index contributed by atoms with van der Waals surface area (Å²) in [5.74, 6) is -0.373. The number of benzene rings is 2. The van der Waals surface area contributed by atoms with E-state index in [4.69, 9.17) is 23.2 Å². The van der Waals surface area contributed by atoms with E-state index >= 15 is 0 Å². The Hall–Kier alpha value is -1.75. The highest BCUT2D eigenvalue weighted by molar-refractivity contribution is 6.39. The van der Waals surface area contributed by atoms with Gasteiger partial charge in [0, 0.05) is 0 Å². The highest BCUT2D eigenvalue weighted by Crippen LogP contribution is 2.29. The summed E-state index contributed by atoms with van der Waals surface area (Å²) >= 11 is 11.9. The van der Waals surface area contributed by atoms with Crippen LogP contribution in [0.2, 0.25) is 10.0 Å². The molecule has 3 N–H and O–H groups in total. The quantitative estimate of drug-likeness (QED) is 0.737. The molecule has 0 aromatic heterocycles. The molecule has 0 saturated heterocycles. The van der Waals surface area contributed by atoms with Crippen molar-refractivity contribution >= 4 is 34.8 Å². The van der Waals surface area contributed by atoms with E-state index in [9.17, 15) is 9.90 Å². The number of nitrogens with one attached hydrogen (secondary N) is 2. The number of aliphatic hydroxyl groups excluding tert-OH is 1. The molecule has 0 heterocycles. The van der Waals surface area contributed by atoms with Crippen molar-refractivity contribution in [2.24, 2.45) is 0 Å². The largest absolute Gasteiger partial charge is 0.388 e. The van der Waals surface area contributed by atoms with Crippen LogP contribution in [0.5, 0.6) is 0 Å². The minimum Gasteiger partial charge on any atom is -0.388 e. The van der Waals surface area contributed by atoms with Crippen LogP contribution in [0.1, 0.15) is 18.1 Å². The summed E-state index contributed by atoms with van der Waals surface area (Å²) in [6.07, 6.45) is -0.936. The Bertz CT molecular complexity index is 600. The standard InChI is InChI=1S/C15H14Cl2N2O2/c16-11-7-4-8-12(17)15(11)19-18-14(21)9-13(20)10-5-2-1-3-6-10/h1-8,13,19-20H,9H2,(H,18,21). The second kappa shape index (κ2) is 7.31. The van der Waals surface area contributed by atoms with Gasteiger partial charge in [-0.3, -0.25) is 15.6 Å². The third kappa shape index (κ3) is 4.36. The zero-order chi connectivity index (χ0) is 15.2. The van der Waals surface area contributed by atoms with Gasteiger partial charge >= 0.3 is 0 Å². The fourth-order valence-electron chi connectivity index (χ4n) is 1.77. The molecule has 2 aromatic carbocycles. The second-order valence-electron chi connectivity index (χ2n) is 4.40. The molecule has 0 aliphatic carbocycles. The maximum absolute atomic E-state index is 11.8. The SMILES string of the molecule is O=C(CC(O)c1ccccc1)NNc1c(Cl)cccc1Cl. The van der Waals surface area contributed by atoms with Crippen LogP contribution in [0.3, 0.4) is 0 Å². The number of aliphatic hydroxyl groups is 1. The normalized spacial score (nSPS) is 11.8. The van der Waals surface area contributed by atoms with Gasteiger partial charge < -0.3 is 5.11 Å². The summed E-state index contributed by atoms with van der Waals surface area (Å²) in [6.45, 7) is 0. The minimum atomic E-state index is -0.866. The van der Waals surface area contributed by atoms with Crippen LogP contribution >= 0.6 is 23.2 Å². The maximum Gasteiger partial charge on any atom is 0.241 e. The molecule has 0 radical (unpaired) electrons. The van der Waals surface area contributed by atoms with Gasteiger partial charge in [-0.15, -0.1) is 0 Å². The van der Waals surface area contributed by atoms with Gasteiger partial charge in [0.05, 0.1) is 28.3 Å². The van der Waals surface area contributed by atoms with Gasteiger partial charge in [0.2, 0.25) is 5.91 Å². The fourth-order valence-corrected chi connectivity index (χ4v) is 2.26. The lowest BCUT2D eigenvalue weighted by Crippen LogP contribution is -2.30. The van der Waals surface area contributed by atoms with E-state index in [1.807, 2.05) is 6.07 Å². The molecule has 0 saturated carbocycles. The van der Waals surface area contributed by atoms with Crippen LogP contribution < -0.4 is 10.9 Å². The summed E-state index contributed by atoms with van der Waals surface area (Å²) in [5.41, 5.74) is 6.23. The zero-order valence-electron chi connectivity index (χ0n) is 11.0. The monoisotopic (exact) mass is 324 g/mol. The van der Waals surface area contributed by atoms with Gasteiger partial charge in [-0.1, -0.05) is 59.6 Å². The molecular formula is C15H14Cl2N2O2. The number of hydrogen-bond donors (Lipinski definition) is 3. The van der Waals surface area contributed by atoms with Crippen LogP contribution in [0.25, 0.3) is 0 Å². The first-order valence-corrected chi connectivity index (χ1v) is 7.05. The third-order valence-corrected chi connectivity index (χ3v) is 3.48. The van der Waals surface area contributed by atoms with Crippen LogP contribution in [0, 0.1) is 0 Å². The first-order valence-electron chi connectivity index (χ1n) is 6.30. The number of halogens is 2. The van der Waals surface area contributed by atoms with E-state index in [0.717, 1.165) is 0 Å². The number of para-hydroxylation sites is 1. The van der Waals surface area contributed by atoms with E-state index in [-0.39, 0.29) is 12.3 Å². The lowest BCUT2D eigenvalue weighted by atomic mass is 10.1. The number of carbonyl (C=O) groups is 1. The molecule has 110 valence electrons. The van der Waals surface area contributed by atoms with Gasteiger partial charge in [0.15, 0.2) is 0 Å². The van der Waals surface area contributed by atoms with Crippen molar-refractivity contribution in [2.75, 3.05) is 5.43 Å². The molecule has 1 amide bonds. The lowest BCUT2D eigenvalue weighted by Gasteiger charge is -2.14. The molecule has 1 atom stereocenters. The van der Waals surface area contributed by atoms with Crippen LogP contribution in [0.15, 0.2) is 48.5 Å². The van der Waals surface area contributed by atoms with Gasteiger partial charge in [-0.25, -0.2) is 0 Å². The molecule has 2 rings (SSSR count). The van der Waals surface area contributed by atoms with Crippen LogP contribution in [-0.2, 0) is 4.79 Å². The predicted molar refractivity (Wildman–Crippen MR) is 84.2 cm³/mol. The van der Waals surface area contributed by atoms with Gasteiger partial charge in [0.1, 0.15) is 0 Å². The summed E-state index contributed by atoms with van der Waals surface area (Å²) in [6, 6.07) is 14.0. The van der Waals surface area contributed by atoms with Crippen molar-refractivity contribution in [3.63, 3.8) is 0 Å². The summed E-state index contributed by atoms with van der Waals surface area (Å²) in [7, 11) is 0. The highest BCUT2D eigenvalue weighted by atomic mass is 35.5. The number of amides is 1. The first-order chi connectivity index (χ1) is 10.1. The zero-order valence-corrected chi connectivity index (χ0v) is 12.5. The average Bonchev–Trinajstić information content (AvgIpc) is 2.47. The van der Waals surface area contributed by atoms with Gasteiger partial charge in [0.25, 0.3) is 0 Å².